The Bertz CT molecular complexity index is 1230. The van der Waals surface area contributed by atoms with E-state index in [9.17, 15) is 5.11 Å². The van der Waals surface area contributed by atoms with Crippen molar-refractivity contribution in [1.82, 2.24) is 19.5 Å². The maximum atomic E-state index is 9.29. The number of piperazine rings is 1. The van der Waals surface area contributed by atoms with Gasteiger partial charge in [-0.25, -0.2) is 4.98 Å². The topological polar surface area (TPSA) is 56.9 Å². The first-order valence-corrected chi connectivity index (χ1v) is 11.2. The summed E-state index contributed by atoms with van der Waals surface area (Å²) in [6.45, 7) is 6.64. The van der Waals surface area contributed by atoms with Gasteiger partial charge in [0.15, 0.2) is 5.65 Å². The summed E-state index contributed by atoms with van der Waals surface area (Å²) >= 11 is 0. The molecule has 3 heterocycles. The van der Waals surface area contributed by atoms with Crippen LogP contribution >= 0.6 is 0 Å². The molecule has 1 fully saturated rings. The minimum absolute atomic E-state index is 0.204. The molecule has 1 saturated heterocycles. The number of nitrogens with zero attached hydrogens (tertiary/aromatic N) is 5. The van der Waals surface area contributed by atoms with E-state index in [0.29, 0.717) is 0 Å². The van der Waals surface area contributed by atoms with Crippen LogP contribution in [0.4, 0.5) is 5.82 Å². The average molecular weight is 425 g/mol. The molecule has 162 valence electrons. The van der Waals surface area contributed by atoms with E-state index in [1.165, 1.54) is 5.46 Å². The van der Waals surface area contributed by atoms with Crippen LogP contribution in [0.3, 0.4) is 0 Å². The summed E-state index contributed by atoms with van der Waals surface area (Å²) in [6, 6.07) is 21.1. The Morgan fingerprint density at radius 2 is 1.69 bits per heavy atom. The lowest BCUT2D eigenvalue weighted by atomic mass is 9.92. The number of aliphatic hydroxyl groups excluding tert-OH is 1. The largest absolute Gasteiger partial charge is 0.395 e. The highest BCUT2D eigenvalue weighted by Crippen LogP contribution is 2.32. The molecule has 0 unspecified atom stereocenters. The number of hydrogen-bond donors (Lipinski definition) is 1. The van der Waals surface area contributed by atoms with Gasteiger partial charge >= 0.3 is 0 Å². The van der Waals surface area contributed by atoms with Crippen molar-refractivity contribution in [3.8, 4) is 22.4 Å². The Balaban J connectivity index is 1.67. The molecule has 1 N–H and O–H groups in total. The maximum Gasteiger partial charge on any atom is 0.166 e. The predicted octanol–water partition coefficient (Wildman–Crippen LogP) is 1.74. The number of aryl methyl sites for hydroxylation is 1. The van der Waals surface area contributed by atoms with Crippen LogP contribution in [-0.2, 0) is 0 Å². The molecular formula is C25H28BN5O. The first-order chi connectivity index (χ1) is 15.6. The fourth-order valence-corrected chi connectivity index (χ4v) is 4.57. The van der Waals surface area contributed by atoms with Crippen LogP contribution in [0, 0.1) is 6.92 Å². The lowest BCUT2D eigenvalue weighted by Crippen LogP contribution is -2.47. The highest BCUT2D eigenvalue weighted by Gasteiger charge is 2.23. The standard InChI is InChI=1S/C25H28BN5O/c1-18-24(20-8-5-9-21(26)16-20)25-27-22(19-6-3-2-4-7-19)17-23(31(25)28-18)30-12-10-29(11-13-30)14-15-32/h2-9,16-17,32H,10-15,26H2,1H3. The number of aromatic nitrogens is 3. The van der Waals surface area contributed by atoms with Gasteiger partial charge in [-0.2, -0.15) is 9.61 Å². The highest BCUT2D eigenvalue weighted by molar-refractivity contribution is 6.32. The molecule has 0 bridgehead atoms. The van der Waals surface area contributed by atoms with Crippen molar-refractivity contribution in [1.29, 1.82) is 0 Å². The zero-order valence-electron chi connectivity index (χ0n) is 18.7. The lowest BCUT2D eigenvalue weighted by Gasteiger charge is -2.35. The average Bonchev–Trinajstić information content (AvgIpc) is 3.15. The molecule has 0 radical (unpaired) electrons. The van der Waals surface area contributed by atoms with E-state index in [0.717, 1.165) is 72.3 Å². The number of rotatable bonds is 5. The van der Waals surface area contributed by atoms with E-state index < -0.39 is 0 Å². The molecule has 32 heavy (non-hydrogen) atoms. The summed E-state index contributed by atoms with van der Waals surface area (Å²) in [5, 5.41) is 14.2. The molecule has 0 atom stereocenters. The third-order valence-corrected chi connectivity index (χ3v) is 6.23. The molecule has 4 aromatic rings. The van der Waals surface area contributed by atoms with Gasteiger partial charge < -0.3 is 10.0 Å². The smallest absolute Gasteiger partial charge is 0.166 e. The molecule has 2 aromatic carbocycles. The predicted molar refractivity (Wildman–Crippen MR) is 133 cm³/mol. The molecule has 2 aromatic heterocycles. The van der Waals surface area contributed by atoms with Gasteiger partial charge in [0.1, 0.15) is 13.7 Å². The van der Waals surface area contributed by atoms with Crippen molar-refractivity contribution in [2.75, 3.05) is 44.2 Å². The normalized spacial score (nSPS) is 14.9. The molecular weight excluding hydrogens is 397 g/mol. The van der Waals surface area contributed by atoms with Gasteiger partial charge in [-0.05, 0) is 12.5 Å². The van der Waals surface area contributed by atoms with Gasteiger partial charge in [0, 0.05) is 49.9 Å². The van der Waals surface area contributed by atoms with E-state index in [2.05, 4.69) is 79.2 Å². The molecule has 0 amide bonds. The van der Waals surface area contributed by atoms with Crippen LogP contribution in [0.1, 0.15) is 5.69 Å². The van der Waals surface area contributed by atoms with E-state index in [-0.39, 0.29) is 6.61 Å². The number of β-amino-alcohol motifs (C(OH)–C–C–N with tert-alkyl or cyclic N) is 1. The van der Waals surface area contributed by atoms with Gasteiger partial charge in [0.25, 0.3) is 0 Å². The molecule has 7 heteroatoms. The monoisotopic (exact) mass is 425 g/mol. The van der Waals surface area contributed by atoms with Gasteiger partial charge in [-0.3, -0.25) is 4.90 Å². The Morgan fingerprint density at radius 1 is 0.938 bits per heavy atom. The SMILES string of the molecule is Bc1cccc(-c2c(C)nn3c(N4CCN(CCO)CC4)cc(-c4ccccc4)nc23)c1. The summed E-state index contributed by atoms with van der Waals surface area (Å²) in [4.78, 5) is 9.80. The summed E-state index contributed by atoms with van der Waals surface area (Å²) in [5.41, 5.74) is 7.39. The number of hydrogen-bond acceptors (Lipinski definition) is 5. The number of benzene rings is 2. The quantitative estimate of drug-likeness (QED) is 0.494. The van der Waals surface area contributed by atoms with Crippen molar-refractivity contribution < 1.29 is 5.11 Å². The molecule has 0 spiro atoms. The zero-order valence-corrected chi connectivity index (χ0v) is 18.7. The summed E-state index contributed by atoms with van der Waals surface area (Å²) in [7, 11) is 2.12. The van der Waals surface area contributed by atoms with Crippen molar-refractivity contribution in [3.63, 3.8) is 0 Å². The number of anilines is 1. The lowest BCUT2D eigenvalue weighted by molar-refractivity contribution is 0.188. The molecule has 0 saturated carbocycles. The fraction of sp³-hybridized carbons (Fsp3) is 0.280. The third-order valence-electron chi connectivity index (χ3n) is 6.23. The first kappa shape index (κ1) is 20.7. The second kappa shape index (κ2) is 8.77. The molecule has 1 aliphatic heterocycles. The summed E-state index contributed by atoms with van der Waals surface area (Å²) < 4.78 is 2.02. The van der Waals surface area contributed by atoms with Crippen molar-refractivity contribution >= 4 is 24.8 Å². The molecule has 0 aliphatic carbocycles. The van der Waals surface area contributed by atoms with Crippen molar-refractivity contribution in [2.45, 2.75) is 6.92 Å². The van der Waals surface area contributed by atoms with E-state index in [1.54, 1.807) is 0 Å². The van der Waals surface area contributed by atoms with Gasteiger partial charge in [-0.15, -0.1) is 0 Å². The maximum absolute atomic E-state index is 9.29. The Labute approximate surface area is 189 Å². The first-order valence-electron chi connectivity index (χ1n) is 11.2. The molecule has 6 nitrogen and oxygen atoms in total. The van der Waals surface area contributed by atoms with Crippen LogP contribution in [-0.4, -0.2) is 71.8 Å². The van der Waals surface area contributed by atoms with Crippen molar-refractivity contribution in [3.05, 3.63) is 66.4 Å². The summed E-state index contributed by atoms with van der Waals surface area (Å²) in [6.07, 6.45) is 0. The van der Waals surface area contributed by atoms with Gasteiger partial charge in [0.2, 0.25) is 0 Å². The Morgan fingerprint density at radius 3 is 2.41 bits per heavy atom. The summed E-state index contributed by atoms with van der Waals surface area (Å²) in [5.74, 6) is 1.07. The van der Waals surface area contributed by atoms with Crippen LogP contribution in [0.25, 0.3) is 28.0 Å². The van der Waals surface area contributed by atoms with Crippen LogP contribution in [0.2, 0.25) is 0 Å². The van der Waals surface area contributed by atoms with Crippen molar-refractivity contribution in [2.24, 2.45) is 0 Å². The Hall–Kier alpha value is -3.16. The molecule has 5 rings (SSSR count). The van der Waals surface area contributed by atoms with Crippen LogP contribution in [0.5, 0.6) is 0 Å². The number of fused-ring (bicyclic) bond motifs is 1. The Kier molecular flexibility index (Phi) is 5.68. The minimum Gasteiger partial charge on any atom is -0.395 e. The van der Waals surface area contributed by atoms with Gasteiger partial charge in [0.05, 0.1) is 18.0 Å². The highest BCUT2D eigenvalue weighted by atomic mass is 16.3. The number of aliphatic hydroxyl groups is 1. The van der Waals surface area contributed by atoms with E-state index >= 15 is 0 Å². The minimum atomic E-state index is 0.204. The third kappa shape index (κ3) is 3.90. The van der Waals surface area contributed by atoms with Crippen LogP contribution in [0.15, 0.2) is 60.7 Å². The van der Waals surface area contributed by atoms with E-state index in [1.807, 2.05) is 10.6 Å². The molecule has 1 aliphatic rings. The van der Waals surface area contributed by atoms with E-state index in [4.69, 9.17) is 10.1 Å². The van der Waals surface area contributed by atoms with Gasteiger partial charge in [-0.1, -0.05) is 60.1 Å². The van der Waals surface area contributed by atoms with Crippen LogP contribution < -0.4 is 10.4 Å². The fourth-order valence-electron chi connectivity index (χ4n) is 4.57. The zero-order chi connectivity index (χ0) is 22.1. The second-order valence-corrected chi connectivity index (χ2v) is 8.48. The second-order valence-electron chi connectivity index (χ2n) is 8.48.